The average molecular weight is 305 g/mol. The molecular weight excluding hydrogens is 291 g/mol. The van der Waals surface area contributed by atoms with Crippen LogP contribution < -0.4 is 11.1 Å². The lowest BCUT2D eigenvalue weighted by Crippen LogP contribution is -2.46. The molecule has 1 aliphatic carbocycles. The van der Waals surface area contributed by atoms with Crippen molar-refractivity contribution in [1.29, 1.82) is 0 Å². The highest BCUT2D eigenvalue weighted by Gasteiger charge is 2.44. The van der Waals surface area contributed by atoms with E-state index in [1.807, 2.05) is 12.1 Å². The summed E-state index contributed by atoms with van der Waals surface area (Å²) in [6.07, 6.45) is 1.07. The van der Waals surface area contributed by atoms with Crippen LogP contribution in [-0.4, -0.2) is 5.91 Å². The van der Waals surface area contributed by atoms with Crippen LogP contribution in [0.1, 0.15) is 17.5 Å². The van der Waals surface area contributed by atoms with E-state index < -0.39 is 11.4 Å². The first kappa shape index (κ1) is 13.9. The van der Waals surface area contributed by atoms with Crippen molar-refractivity contribution in [3.05, 3.63) is 64.4 Å². The molecule has 0 bridgehead atoms. The van der Waals surface area contributed by atoms with Gasteiger partial charge < -0.3 is 11.1 Å². The second-order valence-corrected chi connectivity index (χ2v) is 5.58. The Kier molecular flexibility index (Phi) is 3.33. The molecule has 0 fully saturated rings. The zero-order valence-corrected chi connectivity index (χ0v) is 12.0. The lowest BCUT2D eigenvalue weighted by atomic mass is 9.90. The van der Waals surface area contributed by atoms with Crippen molar-refractivity contribution in [2.45, 2.75) is 18.4 Å². The van der Waals surface area contributed by atoms with Gasteiger partial charge in [0.15, 0.2) is 0 Å². The molecule has 1 unspecified atom stereocenters. The van der Waals surface area contributed by atoms with Crippen LogP contribution in [0.25, 0.3) is 0 Å². The van der Waals surface area contributed by atoms with Crippen LogP contribution in [0.15, 0.2) is 42.5 Å². The lowest BCUT2D eigenvalue weighted by Gasteiger charge is -2.30. The van der Waals surface area contributed by atoms with Crippen LogP contribution in [-0.2, 0) is 16.8 Å². The summed E-state index contributed by atoms with van der Waals surface area (Å²) in [5.74, 6) is -0.806. The minimum Gasteiger partial charge on any atom is -0.367 e. The van der Waals surface area contributed by atoms with Gasteiger partial charge in [-0.1, -0.05) is 29.8 Å². The molecule has 3 nitrogen and oxygen atoms in total. The zero-order chi connectivity index (χ0) is 15.0. The van der Waals surface area contributed by atoms with Crippen LogP contribution in [0, 0.1) is 5.82 Å². The first-order valence-corrected chi connectivity index (χ1v) is 7.02. The fourth-order valence-corrected chi connectivity index (χ4v) is 3.07. The van der Waals surface area contributed by atoms with Gasteiger partial charge in [-0.05, 0) is 48.2 Å². The van der Waals surface area contributed by atoms with E-state index in [4.69, 9.17) is 17.3 Å². The normalized spacial score (nSPS) is 20.1. The number of nitrogens with two attached hydrogens (primary N) is 1. The molecule has 0 aromatic heterocycles. The van der Waals surface area contributed by atoms with E-state index in [0.29, 0.717) is 23.6 Å². The first-order chi connectivity index (χ1) is 10.0. The van der Waals surface area contributed by atoms with Crippen molar-refractivity contribution < 1.29 is 9.18 Å². The standard InChI is InChI=1S/C16H14ClFN2O/c17-13-3-1-2-4-14(13)20-16(15(19)21)8-7-10-9-11(18)5-6-12(10)16/h1-6,9,20H,7-8H2,(H2,19,21). The number of amides is 1. The maximum absolute atomic E-state index is 13.3. The Bertz CT molecular complexity index is 719. The lowest BCUT2D eigenvalue weighted by molar-refractivity contribution is -0.122. The molecule has 0 radical (unpaired) electrons. The second kappa shape index (κ2) is 5.04. The van der Waals surface area contributed by atoms with Gasteiger partial charge in [0.1, 0.15) is 11.4 Å². The quantitative estimate of drug-likeness (QED) is 0.915. The van der Waals surface area contributed by atoms with Gasteiger partial charge in [-0.2, -0.15) is 0 Å². The van der Waals surface area contributed by atoms with E-state index in [9.17, 15) is 9.18 Å². The van der Waals surface area contributed by atoms with E-state index in [-0.39, 0.29) is 5.82 Å². The van der Waals surface area contributed by atoms with E-state index in [0.717, 1.165) is 11.1 Å². The van der Waals surface area contributed by atoms with Crippen LogP contribution in [0.4, 0.5) is 10.1 Å². The Morgan fingerprint density at radius 1 is 1.29 bits per heavy atom. The topological polar surface area (TPSA) is 55.1 Å². The summed E-state index contributed by atoms with van der Waals surface area (Å²) < 4.78 is 13.3. The van der Waals surface area contributed by atoms with Crippen LogP contribution in [0.3, 0.4) is 0 Å². The third-order valence-corrected chi connectivity index (χ3v) is 4.27. The SMILES string of the molecule is NC(=O)C1(Nc2ccccc2Cl)CCc2cc(F)ccc21. The van der Waals surface area contributed by atoms with E-state index in [2.05, 4.69) is 5.32 Å². The number of hydrogen-bond donors (Lipinski definition) is 2. The number of para-hydroxylation sites is 1. The third kappa shape index (κ3) is 2.25. The monoisotopic (exact) mass is 304 g/mol. The number of hydrogen-bond acceptors (Lipinski definition) is 2. The van der Waals surface area contributed by atoms with Gasteiger partial charge in [-0.25, -0.2) is 4.39 Å². The summed E-state index contributed by atoms with van der Waals surface area (Å²) in [6, 6.07) is 11.6. The molecule has 1 amide bonds. The molecule has 5 heteroatoms. The molecule has 3 N–H and O–H groups in total. The van der Waals surface area contributed by atoms with Gasteiger partial charge in [0.25, 0.3) is 0 Å². The Labute approximate surface area is 126 Å². The average Bonchev–Trinajstić information content (AvgIpc) is 2.81. The number of anilines is 1. The number of primary amides is 1. The summed E-state index contributed by atoms with van der Waals surface area (Å²) in [7, 11) is 0. The highest BCUT2D eigenvalue weighted by molar-refractivity contribution is 6.33. The number of halogens is 2. The molecule has 2 aromatic carbocycles. The van der Waals surface area contributed by atoms with Gasteiger partial charge in [0.05, 0.1) is 10.7 Å². The minimum atomic E-state index is -1.05. The number of carbonyl (C=O) groups excluding carboxylic acids is 1. The van der Waals surface area contributed by atoms with Crippen molar-refractivity contribution in [1.82, 2.24) is 0 Å². The highest BCUT2D eigenvalue weighted by Crippen LogP contribution is 2.41. The first-order valence-electron chi connectivity index (χ1n) is 6.64. The Morgan fingerprint density at radius 3 is 2.76 bits per heavy atom. The summed E-state index contributed by atoms with van der Waals surface area (Å²) in [5, 5.41) is 3.68. The third-order valence-electron chi connectivity index (χ3n) is 3.94. The van der Waals surface area contributed by atoms with Crippen molar-refractivity contribution in [2.75, 3.05) is 5.32 Å². The zero-order valence-electron chi connectivity index (χ0n) is 11.2. The van der Waals surface area contributed by atoms with E-state index >= 15 is 0 Å². The molecule has 0 spiro atoms. The van der Waals surface area contributed by atoms with Gasteiger partial charge in [0, 0.05) is 0 Å². The molecule has 2 aromatic rings. The maximum atomic E-state index is 13.3. The largest absolute Gasteiger partial charge is 0.367 e. The highest BCUT2D eigenvalue weighted by atomic mass is 35.5. The van der Waals surface area contributed by atoms with E-state index in [1.165, 1.54) is 12.1 Å². The number of benzene rings is 2. The van der Waals surface area contributed by atoms with E-state index in [1.54, 1.807) is 18.2 Å². The maximum Gasteiger partial charge on any atom is 0.247 e. The molecule has 108 valence electrons. The number of carbonyl (C=O) groups is 1. The number of aryl methyl sites for hydroxylation is 1. The van der Waals surface area contributed by atoms with Gasteiger partial charge >= 0.3 is 0 Å². The fourth-order valence-electron chi connectivity index (χ4n) is 2.88. The molecule has 1 atom stereocenters. The molecule has 0 heterocycles. The fraction of sp³-hybridized carbons (Fsp3) is 0.188. The summed E-state index contributed by atoms with van der Waals surface area (Å²) in [6.45, 7) is 0. The molecule has 0 aliphatic heterocycles. The molecule has 3 rings (SSSR count). The van der Waals surface area contributed by atoms with Crippen molar-refractivity contribution in [3.63, 3.8) is 0 Å². The Morgan fingerprint density at radius 2 is 2.05 bits per heavy atom. The minimum absolute atomic E-state index is 0.313. The summed E-state index contributed by atoms with van der Waals surface area (Å²) in [4.78, 5) is 12.1. The number of nitrogens with one attached hydrogen (secondary N) is 1. The van der Waals surface area contributed by atoms with Gasteiger partial charge in [-0.15, -0.1) is 0 Å². The van der Waals surface area contributed by atoms with Gasteiger partial charge in [-0.3, -0.25) is 4.79 Å². The Balaban J connectivity index is 2.08. The van der Waals surface area contributed by atoms with Crippen molar-refractivity contribution >= 4 is 23.2 Å². The molecule has 0 saturated carbocycles. The smallest absolute Gasteiger partial charge is 0.247 e. The molecular formula is C16H14ClFN2O. The van der Waals surface area contributed by atoms with Crippen LogP contribution in [0.2, 0.25) is 5.02 Å². The molecule has 0 saturated heterocycles. The predicted molar refractivity (Wildman–Crippen MR) is 80.7 cm³/mol. The number of rotatable bonds is 3. The van der Waals surface area contributed by atoms with Crippen molar-refractivity contribution in [3.8, 4) is 0 Å². The van der Waals surface area contributed by atoms with Crippen LogP contribution in [0.5, 0.6) is 0 Å². The number of fused-ring (bicyclic) bond motifs is 1. The van der Waals surface area contributed by atoms with Crippen molar-refractivity contribution in [2.24, 2.45) is 5.73 Å². The molecule has 21 heavy (non-hydrogen) atoms. The summed E-state index contributed by atoms with van der Waals surface area (Å²) >= 11 is 6.15. The predicted octanol–water partition coefficient (Wildman–Crippen LogP) is 3.22. The Hall–Kier alpha value is -2.07. The van der Waals surface area contributed by atoms with Gasteiger partial charge in [0.2, 0.25) is 5.91 Å². The molecule has 1 aliphatic rings. The van der Waals surface area contributed by atoms with Crippen LogP contribution >= 0.6 is 11.6 Å². The second-order valence-electron chi connectivity index (χ2n) is 5.18. The summed E-state index contributed by atoms with van der Waals surface area (Å²) in [5.41, 5.74) is 6.75.